The summed E-state index contributed by atoms with van der Waals surface area (Å²) in [5.74, 6) is 2.85. The molecule has 0 unspecified atom stereocenters. The summed E-state index contributed by atoms with van der Waals surface area (Å²) in [6.45, 7) is 2.53. The van der Waals surface area contributed by atoms with E-state index in [0.717, 1.165) is 22.7 Å². The zero-order valence-electron chi connectivity index (χ0n) is 21.1. The summed E-state index contributed by atoms with van der Waals surface area (Å²) in [5, 5.41) is 13.0. The lowest BCUT2D eigenvalue weighted by Gasteiger charge is -2.12. The number of halogens is 1. The van der Waals surface area contributed by atoms with Crippen molar-refractivity contribution in [3.8, 4) is 34.3 Å². The van der Waals surface area contributed by atoms with Gasteiger partial charge in [-0.05, 0) is 91.9 Å². The summed E-state index contributed by atoms with van der Waals surface area (Å²) in [5.41, 5.74) is 2.39. The van der Waals surface area contributed by atoms with E-state index < -0.39 is 0 Å². The second kappa shape index (κ2) is 12.5. The maximum absolute atomic E-state index is 12.8. The van der Waals surface area contributed by atoms with Crippen LogP contribution in [0.2, 0.25) is 5.02 Å². The van der Waals surface area contributed by atoms with E-state index >= 15 is 0 Å². The lowest BCUT2D eigenvalue weighted by atomic mass is 10.2. The van der Waals surface area contributed by atoms with Gasteiger partial charge in [0.25, 0.3) is 0 Å². The lowest BCUT2D eigenvalue weighted by Crippen LogP contribution is -2.14. The van der Waals surface area contributed by atoms with Crippen LogP contribution in [0.5, 0.6) is 17.2 Å². The van der Waals surface area contributed by atoms with Crippen LogP contribution in [0.15, 0.2) is 108 Å². The number of nitrogens with zero attached hydrogens (tertiary/aromatic N) is 3. The quantitative estimate of drug-likeness (QED) is 0.179. The molecule has 0 fully saturated rings. The molecule has 0 bridgehead atoms. The first-order valence-corrected chi connectivity index (χ1v) is 13.7. The van der Waals surface area contributed by atoms with E-state index in [9.17, 15) is 4.79 Å². The molecule has 5 rings (SSSR count). The van der Waals surface area contributed by atoms with Gasteiger partial charge < -0.3 is 14.8 Å². The van der Waals surface area contributed by atoms with Crippen molar-refractivity contribution < 1.29 is 14.3 Å². The molecule has 5 aromatic rings. The van der Waals surface area contributed by atoms with Gasteiger partial charge in [-0.25, -0.2) is 0 Å². The number of amides is 1. The minimum absolute atomic E-state index is 0.151. The summed E-state index contributed by atoms with van der Waals surface area (Å²) in [4.78, 5) is 12.8. The monoisotopic (exact) mass is 556 g/mol. The van der Waals surface area contributed by atoms with Gasteiger partial charge in [-0.2, -0.15) is 0 Å². The van der Waals surface area contributed by atoms with Crippen molar-refractivity contribution in [3.05, 3.63) is 108 Å². The van der Waals surface area contributed by atoms with Crippen molar-refractivity contribution in [1.29, 1.82) is 0 Å². The summed E-state index contributed by atoms with van der Waals surface area (Å²) >= 11 is 7.39. The summed E-state index contributed by atoms with van der Waals surface area (Å²) in [7, 11) is 0. The molecule has 1 heterocycles. The largest absolute Gasteiger partial charge is 0.494 e. The van der Waals surface area contributed by atoms with Crippen molar-refractivity contribution in [2.75, 3.05) is 17.7 Å². The highest BCUT2D eigenvalue weighted by molar-refractivity contribution is 7.99. The third kappa shape index (κ3) is 6.79. The maximum Gasteiger partial charge on any atom is 0.234 e. The number of hydrogen-bond donors (Lipinski definition) is 1. The summed E-state index contributed by atoms with van der Waals surface area (Å²) in [6, 6.07) is 31.9. The molecule has 0 aliphatic carbocycles. The zero-order valence-corrected chi connectivity index (χ0v) is 22.7. The van der Waals surface area contributed by atoms with Crippen LogP contribution >= 0.6 is 23.4 Å². The predicted molar refractivity (Wildman–Crippen MR) is 155 cm³/mol. The molecule has 7 nitrogen and oxygen atoms in total. The number of carbonyl (C=O) groups is 1. The Morgan fingerprint density at radius 2 is 1.51 bits per heavy atom. The number of ether oxygens (including phenoxy) is 2. The highest BCUT2D eigenvalue weighted by Gasteiger charge is 2.18. The first kappa shape index (κ1) is 26.3. The first-order chi connectivity index (χ1) is 19.1. The molecule has 0 spiro atoms. The number of benzene rings is 4. The van der Waals surface area contributed by atoms with Gasteiger partial charge in [-0.1, -0.05) is 41.6 Å². The van der Waals surface area contributed by atoms with Crippen LogP contribution in [0.1, 0.15) is 6.92 Å². The second-order valence-electron chi connectivity index (χ2n) is 8.35. The van der Waals surface area contributed by atoms with E-state index in [-0.39, 0.29) is 11.7 Å². The van der Waals surface area contributed by atoms with E-state index in [1.54, 1.807) is 0 Å². The molecule has 0 saturated carbocycles. The Balaban J connectivity index is 1.29. The number of rotatable bonds is 10. The Hall–Kier alpha value is -4.27. The Labute approximate surface area is 235 Å². The molecular weight excluding hydrogens is 532 g/mol. The van der Waals surface area contributed by atoms with E-state index in [0.29, 0.717) is 34.0 Å². The van der Waals surface area contributed by atoms with Gasteiger partial charge in [-0.15, -0.1) is 10.2 Å². The molecule has 4 aromatic carbocycles. The highest BCUT2D eigenvalue weighted by Crippen LogP contribution is 2.30. The van der Waals surface area contributed by atoms with E-state index in [4.69, 9.17) is 21.1 Å². The second-order valence-corrected chi connectivity index (χ2v) is 9.73. The van der Waals surface area contributed by atoms with Gasteiger partial charge in [-0.3, -0.25) is 9.36 Å². The fourth-order valence-electron chi connectivity index (χ4n) is 3.80. The average Bonchev–Trinajstić information content (AvgIpc) is 3.38. The molecule has 39 heavy (non-hydrogen) atoms. The minimum Gasteiger partial charge on any atom is -0.494 e. The Morgan fingerprint density at radius 1 is 0.846 bits per heavy atom. The molecule has 1 aromatic heterocycles. The van der Waals surface area contributed by atoms with Gasteiger partial charge in [0.05, 0.1) is 12.4 Å². The van der Waals surface area contributed by atoms with Crippen LogP contribution in [-0.4, -0.2) is 33.0 Å². The van der Waals surface area contributed by atoms with E-state index in [1.165, 1.54) is 11.8 Å². The fourth-order valence-corrected chi connectivity index (χ4v) is 4.68. The van der Waals surface area contributed by atoms with Crippen LogP contribution in [0.4, 0.5) is 5.69 Å². The third-order valence-corrected chi connectivity index (χ3v) is 6.77. The topological polar surface area (TPSA) is 78.3 Å². The minimum atomic E-state index is -0.161. The average molecular weight is 557 g/mol. The molecule has 0 saturated heterocycles. The maximum atomic E-state index is 12.8. The first-order valence-electron chi connectivity index (χ1n) is 12.3. The molecular formula is C30H25ClN4O3S. The van der Waals surface area contributed by atoms with Crippen molar-refractivity contribution in [2.24, 2.45) is 0 Å². The molecule has 9 heteroatoms. The number of hydrogen-bond acceptors (Lipinski definition) is 6. The molecule has 1 amide bonds. The molecule has 1 N–H and O–H groups in total. The Kier molecular flexibility index (Phi) is 8.45. The van der Waals surface area contributed by atoms with Gasteiger partial charge in [0, 0.05) is 22.0 Å². The lowest BCUT2D eigenvalue weighted by molar-refractivity contribution is -0.113. The van der Waals surface area contributed by atoms with Crippen molar-refractivity contribution >= 4 is 35.0 Å². The van der Waals surface area contributed by atoms with Gasteiger partial charge in [0.1, 0.15) is 17.2 Å². The van der Waals surface area contributed by atoms with Crippen molar-refractivity contribution in [2.45, 2.75) is 12.1 Å². The number of para-hydroxylation sites is 1. The van der Waals surface area contributed by atoms with Crippen molar-refractivity contribution in [3.63, 3.8) is 0 Å². The normalized spacial score (nSPS) is 10.7. The number of nitrogens with one attached hydrogen (secondary N) is 1. The summed E-state index contributed by atoms with van der Waals surface area (Å²) in [6.07, 6.45) is 0. The van der Waals surface area contributed by atoms with Crippen LogP contribution in [0.3, 0.4) is 0 Å². The zero-order chi connectivity index (χ0) is 27.0. The van der Waals surface area contributed by atoms with Gasteiger partial charge >= 0.3 is 0 Å². The molecule has 0 aliphatic heterocycles. The number of carbonyl (C=O) groups excluding carboxylic acids is 1. The van der Waals surface area contributed by atoms with Crippen molar-refractivity contribution in [1.82, 2.24) is 14.8 Å². The predicted octanol–water partition coefficient (Wildman–Crippen LogP) is 7.51. The smallest absolute Gasteiger partial charge is 0.234 e. The number of aromatic nitrogens is 3. The SMILES string of the molecule is CCOc1ccc(-n2c(SCC(=O)Nc3ccc(Oc4ccccc4)cc3)nnc2-c2ccc(Cl)cc2)cc1. The fraction of sp³-hybridized carbons (Fsp3) is 0.100. The molecule has 0 radical (unpaired) electrons. The molecule has 0 aliphatic rings. The van der Waals surface area contributed by atoms with Crippen LogP contribution < -0.4 is 14.8 Å². The molecule has 0 atom stereocenters. The van der Waals surface area contributed by atoms with Crippen LogP contribution in [-0.2, 0) is 4.79 Å². The van der Waals surface area contributed by atoms with Crippen LogP contribution in [0, 0.1) is 0 Å². The number of thioether (sulfide) groups is 1. The summed E-state index contributed by atoms with van der Waals surface area (Å²) < 4.78 is 13.3. The van der Waals surface area contributed by atoms with Crippen LogP contribution in [0.25, 0.3) is 17.1 Å². The van der Waals surface area contributed by atoms with Gasteiger partial charge in [0.15, 0.2) is 11.0 Å². The Bertz CT molecular complexity index is 1520. The number of anilines is 1. The van der Waals surface area contributed by atoms with Gasteiger partial charge in [0.2, 0.25) is 5.91 Å². The third-order valence-electron chi connectivity index (χ3n) is 5.59. The highest BCUT2D eigenvalue weighted by atomic mass is 35.5. The molecule has 196 valence electrons. The Morgan fingerprint density at radius 3 is 2.21 bits per heavy atom. The standard InChI is InChI=1S/C30H25ClN4O3S/c1-2-37-25-18-14-24(15-19-25)35-29(21-8-10-22(31)11-9-21)33-34-30(35)39-20-28(36)32-23-12-16-27(17-13-23)38-26-6-4-3-5-7-26/h3-19H,2,20H2,1H3,(H,32,36). The van der Waals surface area contributed by atoms with E-state index in [2.05, 4.69) is 15.5 Å². The van der Waals surface area contributed by atoms with E-state index in [1.807, 2.05) is 115 Å².